The molecule has 0 aliphatic rings. The monoisotopic (exact) mass is 410 g/mol. The molecule has 2 N–H and O–H groups in total. The first-order valence-corrected chi connectivity index (χ1v) is 9.45. The van der Waals surface area contributed by atoms with Crippen LogP contribution in [0, 0.1) is 5.82 Å². The van der Waals surface area contributed by atoms with E-state index in [1.165, 1.54) is 6.07 Å². The number of hydrogen-bond acceptors (Lipinski definition) is 5. The van der Waals surface area contributed by atoms with Crippen molar-refractivity contribution in [2.24, 2.45) is 5.73 Å². The molecule has 0 radical (unpaired) electrons. The first-order valence-electron chi connectivity index (χ1n) is 9.45. The van der Waals surface area contributed by atoms with E-state index < -0.39 is 11.7 Å². The SMILES string of the molecule is CCOc1cc(-c2ccc(CC(N)=O)c(F)c2)cnc1OCc1ccc(OC)cc1. The van der Waals surface area contributed by atoms with Crippen LogP contribution in [0.2, 0.25) is 0 Å². The summed E-state index contributed by atoms with van der Waals surface area (Å²) in [5.41, 5.74) is 7.63. The van der Waals surface area contributed by atoms with Gasteiger partial charge in [-0.3, -0.25) is 4.79 Å². The number of hydrogen-bond donors (Lipinski definition) is 1. The third-order valence-corrected chi connectivity index (χ3v) is 4.40. The number of nitrogens with two attached hydrogens (primary N) is 1. The molecule has 1 heterocycles. The third kappa shape index (κ3) is 5.26. The first kappa shape index (κ1) is 21.1. The van der Waals surface area contributed by atoms with Crippen LogP contribution in [0.15, 0.2) is 54.7 Å². The lowest BCUT2D eigenvalue weighted by Crippen LogP contribution is -2.14. The number of carbonyl (C=O) groups is 1. The Labute approximate surface area is 174 Å². The summed E-state index contributed by atoms with van der Waals surface area (Å²) >= 11 is 0. The lowest BCUT2D eigenvalue weighted by molar-refractivity contribution is -0.117. The molecule has 0 saturated heterocycles. The summed E-state index contributed by atoms with van der Waals surface area (Å²) in [6.07, 6.45) is 1.45. The number of pyridine rings is 1. The molecule has 1 aromatic heterocycles. The van der Waals surface area contributed by atoms with Crippen LogP contribution in [0.5, 0.6) is 17.4 Å². The average molecular weight is 410 g/mol. The zero-order chi connectivity index (χ0) is 21.5. The van der Waals surface area contributed by atoms with Crippen molar-refractivity contribution in [2.75, 3.05) is 13.7 Å². The van der Waals surface area contributed by atoms with Crippen LogP contribution >= 0.6 is 0 Å². The van der Waals surface area contributed by atoms with Crippen molar-refractivity contribution >= 4 is 5.91 Å². The Kier molecular flexibility index (Phi) is 6.85. The van der Waals surface area contributed by atoms with Crippen molar-refractivity contribution in [3.63, 3.8) is 0 Å². The number of amides is 1. The minimum atomic E-state index is -0.583. The highest BCUT2D eigenvalue weighted by atomic mass is 19.1. The number of carbonyl (C=O) groups excluding carboxylic acids is 1. The predicted molar refractivity (Wildman–Crippen MR) is 111 cm³/mol. The molecule has 0 spiro atoms. The summed E-state index contributed by atoms with van der Waals surface area (Å²) in [7, 11) is 1.61. The molecule has 30 heavy (non-hydrogen) atoms. The van der Waals surface area contributed by atoms with Gasteiger partial charge in [0.05, 0.1) is 20.1 Å². The summed E-state index contributed by atoms with van der Waals surface area (Å²) in [6, 6.07) is 13.9. The van der Waals surface area contributed by atoms with Crippen molar-refractivity contribution < 1.29 is 23.4 Å². The molecular formula is C23H23FN2O4. The molecule has 7 heteroatoms. The smallest absolute Gasteiger partial charge is 0.257 e. The topological polar surface area (TPSA) is 83.7 Å². The van der Waals surface area contributed by atoms with Crippen LogP contribution in [0.3, 0.4) is 0 Å². The van der Waals surface area contributed by atoms with E-state index in [1.54, 1.807) is 31.5 Å². The van der Waals surface area contributed by atoms with Gasteiger partial charge < -0.3 is 19.9 Å². The van der Waals surface area contributed by atoms with Crippen molar-refractivity contribution in [1.29, 1.82) is 0 Å². The molecule has 3 rings (SSSR count). The molecular weight excluding hydrogens is 387 g/mol. The second kappa shape index (κ2) is 9.73. The van der Waals surface area contributed by atoms with E-state index in [2.05, 4.69) is 4.98 Å². The standard InChI is InChI=1S/C23H23FN2O4/c1-3-29-21-11-18(16-6-7-17(12-22(25)27)20(24)10-16)13-26-23(21)30-14-15-4-8-19(28-2)9-5-15/h4-11,13H,3,12,14H2,1-2H3,(H2,25,27). The van der Waals surface area contributed by atoms with Gasteiger partial charge in [-0.05, 0) is 47.9 Å². The van der Waals surface area contributed by atoms with E-state index in [1.807, 2.05) is 31.2 Å². The van der Waals surface area contributed by atoms with Crippen LogP contribution in [-0.4, -0.2) is 24.6 Å². The van der Waals surface area contributed by atoms with Crippen molar-refractivity contribution in [2.45, 2.75) is 20.0 Å². The maximum absolute atomic E-state index is 14.3. The summed E-state index contributed by atoms with van der Waals surface area (Å²) in [4.78, 5) is 15.4. The van der Waals surface area contributed by atoms with E-state index in [4.69, 9.17) is 19.9 Å². The van der Waals surface area contributed by atoms with Gasteiger partial charge in [-0.1, -0.05) is 24.3 Å². The zero-order valence-electron chi connectivity index (χ0n) is 16.9. The fourth-order valence-corrected chi connectivity index (χ4v) is 2.89. The summed E-state index contributed by atoms with van der Waals surface area (Å²) in [5, 5.41) is 0. The molecule has 0 aliphatic heterocycles. The van der Waals surface area contributed by atoms with Crippen LogP contribution in [-0.2, 0) is 17.8 Å². The average Bonchev–Trinajstić information content (AvgIpc) is 2.74. The normalized spacial score (nSPS) is 10.5. The van der Waals surface area contributed by atoms with E-state index in [0.29, 0.717) is 36.0 Å². The lowest BCUT2D eigenvalue weighted by atomic mass is 10.0. The molecule has 0 aliphatic carbocycles. The molecule has 156 valence electrons. The maximum atomic E-state index is 14.3. The van der Waals surface area contributed by atoms with Gasteiger partial charge in [0.1, 0.15) is 18.2 Å². The highest BCUT2D eigenvalue weighted by Crippen LogP contribution is 2.31. The van der Waals surface area contributed by atoms with E-state index in [-0.39, 0.29) is 12.0 Å². The van der Waals surface area contributed by atoms with Crippen LogP contribution in [0.1, 0.15) is 18.1 Å². The van der Waals surface area contributed by atoms with Gasteiger partial charge in [-0.25, -0.2) is 9.37 Å². The van der Waals surface area contributed by atoms with Crippen molar-refractivity contribution in [1.82, 2.24) is 4.98 Å². The van der Waals surface area contributed by atoms with Crippen LogP contribution in [0.4, 0.5) is 4.39 Å². The quantitative estimate of drug-likeness (QED) is 0.578. The third-order valence-electron chi connectivity index (χ3n) is 4.40. The fourth-order valence-electron chi connectivity index (χ4n) is 2.89. The van der Waals surface area contributed by atoms with Crippen molar-refractivity contribution in [3.8, 4) is 28.5 Å². The van der Waals surface area contributed by atoms with Gasteiger partial charge >= 0.3 is 0 Å². The van der Waals surface area contributed by atoms with Gasteiger partial charge in [-0.15, -0.1) is 0 Å². The van der Waals surface area contributed by atoms with Crippen LogP contribution < -0.4 is 19.9 Å². The number of halogens is 1. The summed E-state index contributed by atoms with van der Waals surface area (Å²) in [6.45, 7) is 2.60. The van der Waals surface area contributed by atoms with E-state index in [9.17, 15) is 9.18 Å². The number of aromatic nitrogens is 1. The second-order valence-corrected chi connectivity index (χ2v) is 6.55. The molecule has 2 aromatic carbocycles. The van der Waals surface area contributed by atoms with Gasteiger partial charge in [0.25, 0.3) is 5.88 Å². The van der Waals surface area contributed by atoms with Gasteiger partial charge in [0, 0.05) is 11.8 Å². The summed E-state index contributed by atoms with van der Waals surface area (Å²) < 4.78 is 30.9. The predicted octanol–water partition coefficient (Wildman–Crippen LogP) is 3.90. The highest BCUT2D eigenvalue weighted by Gasteiger charge is 2.12. The van der Waals surface area contributed by atoms with Crippen LogP contribution in [0.25, 0.3) is 11.1 Å². The van der Waals surface area contributed by atoms with E-state index in [0.717, 1.165) is 11.3 Å². The molecule has 0 fully saturated rings. The van der Waals surface area contributed by atoms with Gasteiger partial charge in [0.15, 0.2) is 5.75 Å². The Morgan fingerprint density at radius 2 is 1.83 bits per heavy atom. The molecule has 3 aromatic rings. The molecule has 1 amide bonds. The number of methoxy groups -OCH3 is 1. The van der Waals surface area contributed by atoms with Crippen molar-refractivity contribution in [3.05, 3.63) is 71.7 Å². The minimum Gasteiger partial charge on any atom is -0.497 e. The zero-order valence-corrected chi connectivity index (χ0v) is 16.9. The molecule has 0 bridgehead atoms. The molecule has 0 saturated carbocycles. The minimum absolute atomic E-state index is 0.146. The summed E-state index contributed by atoms with van der Waals surface area (Å²) in [5.74, 6) is 0.502. The Morgan fingerprint density at radius 1 is 1.07 bits per heavy atom. The number of nitrogens with zero attached hydrogens (tertiary/aromatic N) is 1. The van der Waals surface area contributed by atoms with Gasteiger partial charge in [-0.2, -0.15) is 0 Å². The molecule has 0 unspecified atom stereocenters. The Balaban J connectivity index is 1.80. The molecule has 0 atom stereocenters. The number of primary amides is 1. The van der Waals surface area contributed by atoms with Gasteiger partial charge in [0.2, 0.25) is 5.91 Å². The number of rotatable bonds is 9. The Morgan fingerprint density at radius 3 is 2.47 bits per heavy atom. The first-order chi connectivity index (χ1) is 14.5. The Bertz CT molecular complexity index is 1020. The largest absolute Gasteiger partial charge is 0.497 e. The number of ether oxygens (including phenoxy) is 3. The maximum Gasteiger partial charge on any atom is 0.257 e. The van der Waals surface area contributed by atoms with E-state index >= 15 is 0 Å². The fraction of sp³-hybridized carbons (Fsp3) is 0.217. The highest BCUT2D eigenvalue weighted by molar-refractivity contribution is 5.77. The number of benzene rings is 2. The Hall–Kier alpha value is -3.61. The molecule has 6 nitrogen and oxygen atoms in total. The second-order valence-electron chi connectivity index (χ2n) is 6.55. The lowest BCUT2D eigenvalue weighted by Gasteiger charge is -2.13.